The number of imidazole rings is 1. The van der Waals surface area contributed by atoms with Gasteiger partial charge in [-0.1, -0.05) is 12.1 Å². The molecule has 2 heterocycles. The first-order valence-corrected chi connectivity index (χ1v) is 7.20. The van der Waals surface area contributed by atoms with Gasteiger partial charge in [0.15, 0.2) is 5.79 Å². The van der Waals surface area contributed by atoms with E-state index in [4.69, 9.17) is 9.47 Å². The Morgan fingerprint density at radius 2 is 1.95 bits per heavy atom. The lowest BCUT2D eigenvalue weighted by Crippen LogP contribution is -2.27. The molecule has 0 aliphatic carbocycles. The minimum absolute atomic E-state index is 0.250. The van der Waals surface area contributed by atoms with Crippen LogP contribution in [0.1, 0.15) is 24.2 Å². The standard InChI is InChI=1S/C16H19FN2O2/c1-19-10-9-18-15(19)3-2-8-16(20-11-12-21-16)13-4-6-14(17)7-5-13/h4-7,9-10H,2-3,8,11-12H2,1H3. The molecule has 21 heavy (non-hydrogen) atoms. The zero-order valence-electron chi connectivity index (χ0n) is 12.1. The van der Waals surface area contributed by atoms with Gasteiger partial charge in [0.25, 0.3) is 0 Å². The lowest BCUT2D eigenvalue weighted by atomic mass is 9.99. The quantitative estimate of drug-likeness (QED) is 0.849. The van der Waals surface area contributed by atoms with Gasteiger partial charge < -0.3 is 14.0 Å². The molecule has 1 aliphatic rings. The molecule has 5 heteroatoms. The molecule has 0 spiro atoms. The smallest absolute Gasteiger partial charge is 0.194 e. The van der Waals surface area contributed by atoms with Crippen LogP contribution in [0.25, 0.3) is 0 Å². The number of nitrogens with zero attached hydrogens (tertiary/aromatic N) is 2. The van der Waals surface area contributed by atoms with Gasteiger partial charge in [-0.15, -0.1) is 0 Å². The minimum Gasteiger partial charge on any atom is -0.343 e. The van der Waals surface area contributed by atoms with Crippen LogP contribution in [0.15, 0.2) is 36.7 Å². The zero-order chi connectivity index (χ0) is 14.7. The molecule has 0 radical (unpaired) electrons. The van der Waals surface area contributed by atoms with Crippen molar-refractivity contribution in [1.29, 1.82) is 0 Å². The van der Waals surface area contributed by atoms with Crippen LogP contribution >= 0.6 is 0 Å². The number of halogens is 1. The molecule has 1 saturated heterocycles. The van der Waals surface area contributed by atoms with Crippen molar-refractivity contribution in [2.45, 2.75) is 25.0 Å². The summed E-state index contributed by atoms with van der Waals surface area (Å²) >= 11 is 0. The third kappa shape index (κ3) is 2.99. The Bertz CT molecular complexity index is 589. The second-order valence-electron chi connectivity index (χ2n) is 5.26. The highest BCUT2D eigenvalue weighted by Crippen LogP contribution is 2.36. The van der Waals surface area contributed by atoms with E-state index >= 15 is 0 Å². The normalized spacial score (nSPS) is 17.2. The van der Waals surface area contributed by atoms with Crippen LogP contribution in [-0.2, 0) is 28.7 Å². The van der Waals surface area contributed by atoms with Crippen LogP contribution in [0.5, 0.6) is 0 Å². The third-order valence-corrected chi connectivity index (χ3v) is 3.87. The first kappa shape index (κ1) is 14.2. The monoisotopic (exact) mass is 290 g/mol. The lowest BCUT2D eigenvalue weighted by Gasteiger charge is -2.28. The Morgan fingerprint density at radius 1 is 1.24 bits per heavy atom. The molecule has 0 atom stereocenters. The van der Waals surface area contributed by atoms with Gasteiger partial charge >= 0.3 is 0 Å². The van der Waals surface area contributed by atoms with Crippen LogP contribution in [0.2, 0.25) is 0 Å². The summed E-state index contributed by atoms with van der Waals surface area (Å²) in [6.45, 7) is 1.14. The first-order valence-electron chi connectivity index (χ1n) is 7.20. The number of aromatic nitrogens is 2. The summed E-state index contributed by atoms with van der Waals surface area (Å²) in [6.07, 6.45) is 6.22. The molecule has 0 saturated carbocycles. The molecule has 1 aliphatic heterocycles. The molecule has 3 rings (SSSR count). The van der Waals surface area contributed by atoms with Gasteiger partial charge in [-0.25, -0.2) is 9.37 Å². The summed E-state index contributed by atoms with van der Waals surface area (Å²) in [6, 6.07) is 6.37. The highest BCUT2D eigenvalue weighted by atomic mass is 19.1. The molecule has 2 aromatic rings. The van der Waals surface area contributed by atoms with E-state index < -0.39 is 5.79 Å². The van der Waals surface area contributed by atoms with Crippen LogP contribution in [0.4, 0.5) is 4.39 Å². The summed E-state index contributed by atoms with van der Waals surface area (Å²) in [5.74, 6) is 0.0564. The van der Waals surface area contributed by atoms with Gasteiger partial charge in [0.1, 0.15) is 11.6 Å². The molecule has 1 aromatic heterocycles. The summed E-state index contributed by atoms with van der Waals surface area (Å²) in [7, 11) is 1.99. The van der Waals surface area contributed by atoms with Crippen molar-refractivity contribution in [2.24, 2.45) is 7.05 Å². The van der Waals surface area contributed by atoms with E-state index in [2.05, 4.69) is 4.98 Å². The first-order chi connectivity index (χ1) is 10.2. The van der Waals surface area contributed by atoms with Gasteiger partial charge in [-0.05, 0) is 18.6 Å². The molecular weight excluding hydrogens is 271 g/mol. The topological polar surface area (TPSA) is 36.3 Å². The Kier molecular flexibility index (Phi) is 4.03. The van der Waals surface area contributed by atoms with Crippen molar-refractivity contribution >= 4 is 0 Å². The summed E-state index contributed by atoms with van der Waals surface area (Å²) in [5, 5.41) is 0. The van der Waals surface area contributed by atoms with Crippen molar-refractivity contribution in [1.82, 2.24) is 9.55 Å². The van der Waals surface area contributed by atoms with Crippen LogP contribution in [-0.4, -0.2) is 22.8 Å². The second-order valence-corrected chi connectivity index (χ2v) is 5.26. The van der Waals surface area contributed by atoms with Crippen LogP contribution < -0.4 is 0 Å². The number of rotatable bonds is 5. The lowest BCUT2D eigenvalue weighted by molar-refractivity contribution is -0.171. The fourth-order valence-electron chi connectivity index (χ4n) is 2.73. The molecule has 0 N–H and O–H groups in total. The number of ether oxygens (including phenoxy) is 2. The minimum atomic E-state index is -0.737. The molecule has 1 fully saturated rings. The Labute approximate surface area is 123 Å². The summed E-state index contributed by atoms with van der Waals surface area (Å²) in [4.78, 5) is 4.32. The van der Waals surface area contributed by atoms with E-state index in [0.717, 1.165) is 30.7 Å². The van der Waals surface area contributed by atoms with E-state index in [0.29, 0.717) is 13.2 Å². The van der Waals surface area contributed by atoms with Crippen molar-refractivity contribution < 1.29 is 13.9 Å². The van der Waals surface area contributed by atoms with Crippen molar-refractivity contribution in [2.75, 3.05) is 13.2 Å². The third-order valence-electron chi connectivity index (χ3n) is 3.87. The second kappa shape index (κ2) is 5.95. The highest BCUT2D eigenvalue weighted by molar-refractivity contribution is 5.22. The van der Waals surface area contributed by atoms with Crippen LogP contribution in [0, 0.1) is 5.82 Å². The predicted octanol–water partition coefficient (Wildman–Crippen LogP) is 2.78. The Hall–Kier alpha value is -1.72. The van der Waals surface area contributed by atoms with Crippen molar-refractivity contribution in [3.63, 3.8) is 0 Å². The average Bonchev–Trinajstić information content (AvgIpc) is 3.11. The molecule has 4 nitrogen and oxygen atoms in total. The number of benzene rings is 1. The van der Waals surface area contributed by atoms with Gasteiger partial charge in [0.05, 0.1) is 13.2 Å². The van der Waals surface area contributed by atoms with Gasteiger partial charge in [0, 0.05) is 37.8 Å². The fourth-order valence-corrected chi connectivity index (χ4v) is 2.73. The number of hydrogen-bond acceptors (Lipinski definition) is 3. The maximum Gasteiger partial charge on any atom is 0.194 e. The number of aryl methyl sites for hydroxylation is 2. The Morgan fingerprint density at radius 3 is 2.57 bits per heavy atom. The summed E-state index contributed by atoms with van der Waals surface area (Å²) < 4.78 is 26.8. The van der Waals surface area contributed by atoms with E-state index in [-0.39, 0.29) is 5.82 Å². The van der Waals surface area contributed by atoms with E-state index in [9.17, 15) is 4.39 Å². The van der Waals surface area contributed by atoms with Gasteiger partial charge in [-0.2, -0.15) is 0 Å². The maximum absolute atomic E-state index is 13.1. The van der Waals surface area contributed by atoms with Crippen molar-refractivity contribution in [3.8, 4) is 0 Å². The predicted molar refractivity (Wildman–Crippen MR) is 76.1 cm³/mol. The zero-order valence-corrected chi connectivity index (χ0v) is 12.1. The molecule has 0 bridgehead atoms. The van der Waals surface area contributed by atoms with E-state index in [1.54, 1.807) is 18.3 Å². The van der Waals surface area contributed by atoms with Gasteiger partial charge in [-0.3, -0.25) is 0 Å². The summed E-state index contributed by atoms with van der Waals surface area (Å²) in [5.41, 5.74) is 0.876. The van der Waals surface area contributed by atoms with Crippen molar-refractivity contribution in [3.05, 3.63) is 53.9 Å². The largest absolute Gasteiger partial charge is 0.343 e. The SMILES string of the molecule is Cn1ccnc1CCCC1(c2ccc(F)cc2)OCCO1. The molecule has 112 valence electrons. The molecule has 0 unspecified atom stereocenters. The highest BCUT2D eigenvalue weighted by Gasteiger charge is 2.38. The van der Waals surface area contributed by atoms with Gasteiger partial charge in [0.2, 0.25) is 0 Å². The van der Waals surface area contributed by atoms with E-state index in [1.807, 2.05) is 17.8 Å². The maximum atomic E-state index is 13.1. The average molecular weight is 290 g/mol. The Balaban J connectivity index is 1.69. The number of hydrogen-bond donors (Lipinski definition) is 0. The molecule has 0 amide bonds. The fraction of sp³-hybridized carbons (Fsp3) is 0.438. The molecular formula is C16H19FN2O2. The van der Waals surface area contributed by atoms with E-state index in [1.165, 1.54) is 12.1 Å². The van der Waals surface area contributed by atoms with Crippen LogP contribution in [0.3, 0.4) is 0 Å². The molecule has 1 aromatic carbocycles.